The summed E-state index contributed by atoms with van der Waals surface area (Å²) in [4.78, 5) is 0. The Balaban J connectivity index is 3.19. The van der Waals surface area contributed by atoms with Crippen LogP contribution >= 0.6 is 0 Å². The van der Waals surface area contributed by atoms with E-state index in [1.54, 1.807) is 13.0 Å². The highest BCUT2D eigenvalue weighted by Gasteiger charge is 2.38. The number of halogens is 5. The third kappa shape index (κ3) is 2.78. The molecule has 0 aliphatic heterocycles. The Morgan fingerprint density at radius 1 is 1.13 bits per heavy atom. The predicted molar refractivity (Wildman–Crippen MR) is 46.4 cm³/mol. The summed E-state index contributed by atoms with van der Waals surface area (Å²) in [5.41, 5.74) is 0.141. The standard InChI is InChI=1S/C10H7F5/c1-6-3-2-4-7(5-6)8(11)9(12)10(13,14)15/h2-5H,1H3. The minimum Gasteiger partial charge on any atom is -0.203 e. The fourth-order valence-electron chi connectivity index (χ4n) is 1.03. The molecule has 0 radical (unpaired) electrons. The summed E-state index contributed by atoms with van der Waals surface area (Å²) in [5, 5.41) is 0. The van der Waals surface area contributed by atoms with Crippen LogP contribution < -0.4 is 0 Å². The SMILES string of the molecule is Cc1cccc(C(F)=C(F)C(F)(F)F)c1. The molecule has 0 fully saturated rings. The molecule has 15 heavy (non-hydrogen) atoms. The van der Waals surface area contributed by atoms with Gasteiger partial charge in [0.1, 0.15) is 0 Å². The van der Waals surface area contributed by atoms with Crippen LogP contribution in [0.1, 0.15) is 11.1 Å². The lowest BCUT2D eigenvalue weighted by Gasteiger charge is -2.05. The summed E-state index contributed by atoms with van der Waals surface area (Å²) in [6, 6.07) is 5.14. The van der Waals surface area contributed by atoms with Crippen LogP contribution in [0.15, 0.2) is 30.1 Å². The topological polar surface area (TPSA) is 0 Å². The number of benzene rings is 1. The number of alkyl halides is 3. The van der Waals surface area contributed by atoms with Gasteiger partial charge in [0.25, 0.3) is 0 Å². The van der Waals surface area contributed by atoms with Crippen LogP contribution in [0.2, 0.25) is 0 Å². The normalized spacial score (nSPS) is 13.7. The largest absolute Gasteiger partial charge is 0.445 e. The van der Waals surface area contributed by atoms with Gasteiger partial charge in [0, 0.05) is 5.56 Å². The molecule has 0 heterocycles. The molecule has 82 valence electrons. The second kappa shape index (κ2) is 4.00. The van der Waals surface area contributed by atoms with Gasteiger partial charge in [-0.05, 0) is 13.0 Å². The van der Waals surface area contributed by atoms with Gasteiger partial charge in [0.2, 0.25) is 5.83 Å². The quantitative estimate of drug-likeness (QED) is 0.625. The fourth-order valence-corrected chi connectivity index (χ4v) is 1.03. The lowest BCUT2D eigenvalue weighted by Crippen LogP contribution is -2.09. The molecule has 1 rings (SSSR count). The highest BCUT2D eigenvalue weighted by Crippen LogP contribution is 2.34. The number of aryl methyl sites for hydroxylation is 1. The molecule has 0 amide bonds. The van der Waals surface area contributed by atoms with E-state index in [1.807, 2.05) is 0 Å². The number of hydrogen-bond acceptors (Lipinski definition) is 0. The van der Waals surface area contributed by atoms with Gasteiger partial charge in [-0.3, -0.25) is 0 Å². The Bertz CT molecular complexity index is 389. The monoisotopic (exact) mass is 222 g/mol. The summed E-state index contributed by atoms with van der Waals surface area (Å²) in [5.74, 6) is -4.58. The molecule has 0 atom stereocenters. The van der Waals surface area contributed by atoms with Crippen molar-refractivity contribution in [3.63, 3.8) is 0 Å². The van der Waals surface area contributed by atoms with Gasteiger partial charge in [-0.2, -0.15) is 17.6 Å². The Kier molecular flexibility index (Phi) is 3.12. The van der Waals surface area contributed by atoms with Crippen molar-refractivity contribution in [2.45, 2.75) is 13.1 Å². The average Bonchev–Trinajstić information content (AvgIpc) is 2.14. The Morgan fingerprint density at radius 3 is 2.20 bits per heavy atom. The summed E-state index contributed by atoms with van der Waals surface area (Å²) in [6.07, 6.45) is -5.28. The van der Waals surface area contributed by atoms with E-state index in [2.05, 4.69) is 0 Å². The average molecular weight is 222 g/mol. The van der Waals surface area contributed by atoms with E-state index < -0.39 is 23.4 Å². The van der Waals surface area contributed by atoms with Gasteiger partial charge < -0.3 is 0 Å². The van der Waals surface area contributed by atoms with Gasteiger partial charge in [-0.1, -0.05) is 23.8 Å². The van der Waals surface area contributed by atoms with Crippen LogP contribution in [-0.2, 0) is 0 Å². The molecule has 1 aromatic rings. The maximum Gasteiger partial charge on any atom is 0.445 e. The highest BCUT2D eigenvalue weighted by molar-refractivity contribution is 5.62. The van der Waals surface area contributed by atoms with Crippen molar-refractivity contribution in [3.8, 4) is 0 Å². The molecular weight excluding hydrogens is 215 g/mol. The van der Waals surface area contributed by atoms with Crippen molar-refractivity contribution < 1.29 is 22.0 Å². The van der Waals surface area contributed by atoms with Crippen LogP contribution in [-0.4, -0.2) is 6.18 Å². The van der Waals surface area contributed by atoms with Crippen molar-refractivity contribution in [3.05, 3.63) is 41.2 Å². The van der Waals surface area contributed by atoms with E-state index in [9.17, 15) is 22.0 Å². The van der Waals surface area contributed by atoms with Crippen molar-refractivity contribution in [1.29, 1.82) is 0 Å². The first kappa shape index (κ1) is 11.7. The number of allylic oxidation sites excluding steroid dienone is 1. The first-order chi connectivity index (χ1) is 6.82. The van der Waals surface area contributed by atoms with E-state index in [0.29, 0.717) is 5.56 Å². The molecule has 0 N–H and O–H groups in total. The lowest BCUT2D eigenvalue weighted by atomic mass is 10.1. The summed E-state index contributed by atoms with van der Waals surface area (Å²) < 4.78 is 60.9. The van der Waals surface area contributed by atoms with E-state index in [-0.39, 0.29) is 0 Å². The lowest BCUT2D eigenvalue weighted by molar-refractivity contribution is -0.108. The highest BCUT2D eigenvalue weighted by atomic mass is 19.4. The maximum atomic E-state index is 13.0. The zero-order chi connectivity index (χ0) is 11.6. The van der Waals surface area contributed by atoms with Crippen LogP contribution in [0.25, 0.3) is 5.83 Å². The third-order valence-electron chi connectivity index (χ3n) is 1.71. The first-order valence-electron chi connectivity index (χ1n) is 4.02. The minimum absolute atomic E-state index is 0.412. The van der Waals surface area contributed by atoms with Crippen LogP contribution in [0.4, 0.5) is 22.0 Å². The molecule has 0 spiro atoms. The zero-order valence-electron chi connectivity index (χ0n) is 7.70. The van der Waals surface area contributed by atoms with Crippen molar-refractivity contribution in [1.82, 2.24) is 0 Å². The second-order valence-electron chi connectivity index (χ2n) is 3.00. The fraction of sp³-hybridized carbons (Fsp3) is 0.200. The molecule has 0 aliphatic rings. The Hall–Kier alpha value is -1.39. The molecule has 0 bridgehead atoms. The molecule has 5 heteroatoms. The molecule has 0 unspecified atom stereocenters. The maximum absolute atomic E-state index is 13.0. The van der Waals surface area contributed by atoms with Crippen molar-refractivity contribution in [2.24, 2.45) is 0 Å². The molecule has 1 aromatic carbocycles. The van der Waals surface area contributed by atoms with E-state index in [4.69, 9.17) is 0 Å². The predicted octanol–water partition coefficient (Wildman–Crippen LogP) is 4.16. The molecule has 0 aliphatic carbocycles. The summed E-state index contributed by atoms with van der Waals surface area (Å²) in [6.45, 7) is 1.57. The van der Waals surface area contributed by atoms with Crippen LogP contribution in [0.5, 0.6) is 0 Å². The van der Waals surface area contributed by atoms with Crippen LogP contribution in [0.3, 0.4) is 0 Å². The second-order valence-corrected chi connectivity index (χ2v) is 3.00. The third-order valence-corrected chi connectivity index (χ3v) is 1.71. The molecule has 0 saturated heterocycles. The Morgan fingerprint density at radius 2 is 1.73 bits per heavy atom. The zero-order valence-corrected chi connectivity index (χ0v) is 7.70. The van der Waals surface area contributed by atoms with Gasteiger partial charge >= 0.3 is 6.18 Å². The van der Waals surface area contributed by atoms with E-state index in [0.717, 1.165) is 12.1 Å². The van der Waals surface area contributed by atoms with Crippen LogP contribution in [0, 0.1) is 6.92 Å². The van der Waals surface area contributed by atoms with E-state index >= 15 is 0 Å². The van der Waals surface area contributed by atoms with Gasteiger partial charge in [0.15, 0.2) is 5.83 Å². The minimum atomic E-state index is -5.28. The van der Waals surface area contributed by atoms with Gasteiger partial charge in [-0.25, -0.2) is 4.39 Å². The summed E-state index contributed by atoms with van der Waals surface area (Å²) in [7, 11) is 0. The number of rotatable bonds is 1. The van der Waals surface area contributed by atoms with Gasteiger partial charge in [-0.15, -0.1) is 0 Å². The van der Waals surface area contributed by atoms with Crippen molar-refractivity contribution in [2.75, 3.05) is 0 Å². The molecule has 0 nitrogen and oxygen atoms in total. The molecular formula is C10H7F5. The number of hydrogen-bond donors (Lipinski definition) is 0. The van der Waals surface area contributed by atoms with Crippen molar-refractivity contribution >= 4 is 5.83 Å². The molecule has 0 saturated carbocycles. The summed E-state index contributed by atoms with van der Waals surface area (Å²) >= 11 is 0. The smallest absolute Gasteiger partial charge is 0.203 e. The van der Waals surface area contributed by atoms with E-state index in [1.165, 1.54) is 6.07 Å². The Labute approximate surface area is 83.0 Å². The first-order valence-corrected chi connectivity index (χ1v) is 4.02. The van der Waals surface area contributed by atoms with Gasteiger partial charge in [0.05, 0.1) is 0 Å². The molecule has 0 aromatic heterocycles.